The number of nitro groups is 1. The highest BCUT2D eigenvalue weighted by Gasteiger charge is 2.45. The Morgan fingerprint density at radius 3 is 2.40 bits per heavy atom. The summed E-state index contributed by atoms with van der Waals surface area (Å²) in [6.07, 6.45) is -0.782. The first-order chi connectivity index (χ1) is 14.1. The molecule has 2 aromatic carbocycles. The molecule has 1 fully saturated rings. The SMILES string of the molecule is CC.Cc1cc(NC2CC(F)(F)C2)c(C(=O)Nc2ccc(F)c(Cl)c2)cc1[N+](=O)[O-]. The smallest absolute Gasteiger partial charge is 0.273 e. The van der Waals surface area contributed by atoms with Gasteiger partial charge in [-0.2, -0.15) is 0 Å². The highest BCUT2D eigenvalue weighted by molar-refractivity contribution is 6.31. The Hall–Kier alpha value is -2.81. The summed E-state index contributed by atoms with van der Waals surface area (Å²) >= 11 is 5.69. The van der Waals surface area contributed by atoms with Crippen LogP contribution in [0.3, 0.4) is 0 Å². The van der Waals surface area contributed by atoms with E-state index in [1.54, 1.807) is 0 Å². The predicted octanol–water partition coefficient (Wildman–Crippen LogP) is 6.18. The average Bonchev–Trinajstić information content (AvgIpc) is 2.64. The van der Waals surface area contributed by atoms with Crippen LogP contribution in [0.25, 0.3) is 0 Å². The summed E-state index contributed by atoms with van der Waals surface area (Å²) in [5.41, 5.74) is 0.287. The molecule has 0 spiro atoms. The Labute approximate surface area is 176 Å². The molecule has 2 N–H and O–H groups in total. The predicted molar refractivity (Wildman–Crippen MR) is 110 cm³/mol. The number of rotatable bonds is 5. The molecule has 0 aromatic heterocycles. The maximum Gasteiger partial charge on any atom is 0.273 e. The maximum atomic E-state index is 13.3. The van der Waals surface area contributed by atoms with E-state index < -0.39 is 41.5 Å². The van der Waals surface area contributed by atoms with Gasteiger partial charge in [-0.1, -0.05) is 25.4 Å². The molecule has 1 aliphatic rings. The molecule has 30 heavy (non-hydrogen) atoms. The number of amides is 1. The van der Waals surface area contributed by atoms with Crippen molar-refractivity contribution in [3.8, 4) is 0 Å². The number of carbonyl (C=O) groups is 1. The van der Waals surface area contributed by atoms with E-state index >= 15 is 0 Å². The van der Waals surface area contributed by atoms with Gasteiger partial charge in [0, 0.05) is 41.9 Å². The van der Waals surface area contributed by atoms with Crippen LogP contribution in [0.2, 0.25) is 5.02 Å². The minimum atomic E-state index is -2.76. The van der Waals surface area contributed by atoms with Crippen LogP contribution in [0.4, 0.5) is 30.2 Å². The molecule has 2 aromatic rings. The van der Waals surface area contributed by atoms with Gasteiger partial charge in [-0.05, 0) is 31.2 Å². The number of hydrogen-bond donors (Lipinski definition) is 2. The fraction of sp³-hybridized carbons (Fsp3) is 0.350. The number of hydrogen-bond acceptors (Lipinski definition) is 4. The van der Waals surface area contributed by atoms with Crippen LogP contribution in [0.15, 0.2) is 30.3 Å². The van der Waals surface area contributed by atoms with Crippen molar-refractivity contribution >= 4 is 34.6 Å². The van der Waals surface area contributed by atoms with Crippen LogP contribution in [0.5, 0.6) is 0 Å². The van der Waals surface area contributed by atoms with Gasteiger partial charge in [0.1, 0.15) is 5.82 Å². The molecule has 0 atom stereocenters. The van der Waals surface area contributed by atoms with E-state index in [2.05, 4.69) is 10.6 Å². The molecule has 0 radical (unpaired) electrons. The van der Waals surface area contributed by atoms with Gasteiger partial charge >= 0.3 is 0 Å². The molecule has 162 valence electrons. The third kappa shape index (κ3) is 5.41. The van der Waals surface area contributed by atoms with Crippen LogP contribution < -0.4 is 10.6 Å². The second kappa shape index (κ2) is 9.34. The Morgan fingerprint density at radius 1 is 1.23 bits per heavy atom. The van der Waals surface area contributed by atoms with Crippen molar-refractivity contribution in [2.24, 2.45) is 0 Å². The van der Waals surface area contributed by atoms with Crippen LogP contribution in [0, 0.1) is 22.9 Å². The van der Waals surface area contributed by atoms with Crippen molar-refractivity contribution in [2.45, 2.75) is 45.6 Å². The zero-order valence-corrected chi connectivity index (χ0v) is 17.3. The van der Waals surface area contributed by atoms with Gasteiger partial charge in [0.2, 0.25) is 0 Å². The number of aryl methyl sites for hydroxylation is 1. The van der Waals surface area contributed by atoms with Gasteiger partial charge in [0.25, 0.3) is 17.5 Å². The first kappa shape index (κ1) is 23.5. The second-order valence-corrected chi connectivity index (χ2v) is 7.04. The lowest BCUT2D eigenvalue weighted by Gasteiger charge is -2.36. The molecule has 0 aliphatic heterocycles. The Kier molecular flexibility index (Phi) is 7.30. The lowest BCUT2D eigenvalue weighted by molar-refractivity contribution is -0.385. The minimum absolute atomic E-state index is 0.0898. The van der Waals surface area contributed by atoms with Gasteiger partial charge < -0.3 is 10.6 Å². The van der Waals surface area contributed by atoms with E-state index in [9.17, 15) is 28.1 Å². The van der Waals surface area contributed by atoms with Gasteiger partial charge in [-0.15, -0.1) is 0 Å². The number of nitrogens with zero attached hydrogens (tertiary/aromatic N) is 1. The fourth-order valence-electron chi connectivity index (χ4n) is 2.96. The molecule has 0 unspecified atom stereocenters. The van der Waals surface area contributed by atoms with Crippen molar-refractivity contribution < 1.29 is 22.9 Å². The molecular formula is C20H21ClF3N3O3. The van der Waals surface area contributed by atoms with E-state index in [1.807, 2.05) is 13.8 Å². The highest BCUT2D eigenvalue weighted by atomic mass is 35.5. The Balaban J connectivity index is 0.00000155. The summed E-state index contributed by atoms with van der Waals surface area (Å²) in [6, 6.07) is 5.43. The summed E-state index contributed by atoms with van der Waals surface area (Å²) in [4.78, 5) is 23.3. The van der Waals surface area contributed by atoms with Gasteiger partial charge in [-0.25, -0.2) is 13.2 Å². The average molecular weight is 444 g/mol. The molecule has 0 saturated heterocycles. The third-order valence-corrected chi connectivity index (χ3v) is 4.69. The van der Waals surface area contributed by atoms with Crippen LogP contribution >= 0.6 is 11.6 Å². The molecule has 1 aliphatic carbocycles. The maximum absolute atomic E-state index is 13.3. The molecule has 0 heterocycles. The molecule has 1 saturated carbocycles. The number of benzene rings is 2. The fourth-order valence-corrected chi connectivity index (χ4v) is 3.14. The standard InChI is InChI=1S/C18H15ClF3N3O3.C2H6/c1-9-4-15(23-11-7-18(21,22)8-11)12(6-16(9)25(27)28)17(26)24-10-2-3-14(20)13(19)5-10;1-2/h2-6,11,23H,7-8H2,1H3,(H,24,26);1-2H3. The van der Waals surface area contributed by atoms with Crippen LogP contribution in [-0.2, 0) is 0 Å². The van der Waals surface area contributed by atoms with Crippen molar-refractivity contribution in [2.75, 3.05) is 10.6 Å². The van der Waals surface area contributed by atoms with Crippen molar-refractivity contribution in [3.63, 3.8) is 0 Å². The number of nitrogens with one attached hydrogen (secondary N) is 2. The minimum Gasteiger partial charge on any atom is -0.381 e. The third-order valence-electron chi connectivity index (χ3n) is 4.40. The Morgan fingerprint density at radius 2 is 1.87 bits per heavy atom. The highest BCUT2D eigenvalue weighted by Crippen LogP contribution is 2.40. The van der Waals surface area contributed by atoms with Crippen molar-refractivity contribution in [1.82, 2.24) is 0 Å². The van der Waals surface area contributed by atoms with E-state index in [0.717, 1.165) is 12.1 Å². The van der Waals surface area contributed by atoms with E-state index in [0.29, 0.717) is 0 Å². The van der Waals surface area contributed by atoms with Crippen LogP contribution in [0.1, 0.15) is 42.6 Å². The van der Waals surface area contributed by atoms with Crippen LogP contribution in [-0.4, -0.2) is 22.8 Å². The zero-order chi connectivity index (χ0) is 22.6. The number of carbonyl (C=O) groups excluding carboxylic acids is 1. The van der Waals surface area contributed by atoms with Crippen molar-refractivity contribution in [1.29, 1.82) is 0 Å². The number of halogens is 4. The monoisotopic (exact) mass is 443 g/mol. The molecular weight excluding hydrogens is 423 g/mol. The quantitative estimate of drug-likeness (QED) is 0.426. The number of anilines is 2. The number of nitro benzene ring substituents is 1. The summed E-state index contributed by atoms with van der Waals surface area (Å²) in [5.74, 6) is -4.15. The number of alkyl halides is 2. The van der Waals surface area contributed by atoms with Gasteiger partial charge in [0.05, 0.1) is 15.5 Å². The molecule has 6 nitrogen and oxygen atoms in total. The first-order valence-corrected chi connectivity index (χ1v) is 9.63. The summed E-state index contributed by atoms with van der Waals surface area (Å²) in [5, 5.41) is 16.3. The largest absolute Gasteiger partial charge is 0.381 e. The zero-order valence-electron chi connectivity index (χ0n) is 16.6. The van der Waals surface area contributed by atoms with Gasteiger partial charge in [-0.3, -0.25) is 14.9 Å². The van der Waals surface area contributed by atoms with Gasteiger partial charge in [0.15, 0.2) is 0 Å². The lowest BCUT2D eigenvalue weighted by Crippen LogP contribution is -2.44. The van der Waals surface area contributed by atoms with E-state index in [1.165, 1.54) is 25.1 Å². The summed E-state index contributed by atoms with van der Waals surface area (Å²) in [6.45, 7) is 5.49. The van der Waals surface area contributed by atoms with E-state index in [-0.39, 0.29) is 33.2 Å². The molecule has 0 bridgehead atoms. The molecule has 10 heteroatoms. The first-order valence-electron chi connectivity index (χ1n) is 9.25. The summed E-state index contributed by atoms with van der Waals surface area (Å²) < 4.78 is 39.5. The van der Waals surface area contributed by atoms with E-state index in [4.69, 9.17) is 11.6 Å². The molecule has 3 rings (SSSR count). The summed E-state index contributed by atoms with van der Waals surface area (Å²) in [7, 11) is 0. The Bertz CT molecular complexity index is 962. The second-order valence-electron chi connectivity index (χ2n) is 6.63. The van der Waals surface area contributed by atoms with Crippen molar-refractivity contribution in [3.05, 3.63) is 62.4 Å². The topological polar surface area (TPSA) is 84.3 Å². The molecule has 1 amide bonds. The lowest BCUT2D eigenvalue weighted by atomic mass is 9.87. The normalized spacial score (nSPS) is 14.8.